The van der Waals surface area contributed by atoms with Gasteiger partial charge in [-0.1, -0.05) is 18.2 Å². The average molecular weight is 457 g/mol. The lowest BCUT2D eigenvalue weighted by Gasteiger charge is -2.29. The molecule has 3 aromatic carbocycles. The van der Waals surface area contributed by atoms with Crippen LogP contribution in [-0.4, -0.2) is 45.4 Å². The van der Waals surface area contributed by atoms with Crippen LogP contribution in [0, 0.1) is 5.82 Å². The van der Waals surface area contributed by atoms with E-state index < -0.39 is 0 Å². The van der Waals surface area contributed by atoms with E-state index in [1.54, 1.807) is 12.4 Å². The molecule has 1 N–H and O–H groups in total. The Labute approximate surface area is 196 Å². The Balaban J connectivity index is 1.42. The number of rotatable bonds is 5. The third-order valence-corrected chi connectivity index (χ3v) is 6.42. The van der Waals surface area contributed by atoms with Gasteiger partial charge in [-0.05, 0) is 42.5 Å². The minimum Gasteiger partial charge on any atom is -0.378 e. The third-order valence-electron chi connectivity index (χ3n) is 6.42. The minimum absolute atomic E-state index is 0.274. The van der Waals surface area contributed by atoms with Crippen molar-refractivity contribution in [2.24, 2.45) is 7.05 Å². The molecule has 6 rings (SSSR count). The van der Waals surface area contributed by atoms with E-state index in [0.29, 0.717) is 19.8 Å². The summed E-state index contributed by atoms with van der Waals surface area (Å²) in [5, 5.41) is 3.57. The number of fused-ring (bicyclic) bond motifs is 2. The monoisotopic (exact) mass is 456 g/mol. The Morgan fingerprint density at radius 1 is 0.971 bits per heavy atom. The molecular weight excluding hydrogens is 431 g/mol. The predicted octanol–water partition coefficient (Wildman–Crippen LogP) is 4.50. The Kier molecular flexibility index (Phi) is 5.15. The Morgan fingerprint density at radius 3 is 2.65 bits per heavy atom. The number of hydrogen-bond donors (Lipinski definition) is 1. The van der Waals surface area contributed by atoms with E-state index in [9.17, 15) is 4.39 Å². The fourth-order valence-electron chi connectivity index (χ4n) is 4.60. The molecule has 0 unspecified atom stereocenters. The van der Waals surface area contributed by atoms with Gasteiger partial charge in [0, 0.05) is 25.8 Å². The van der Waals surface area contributed by atoms with Crippen molar-refractivity contribution in [1.82, 2.24) is 19.1 Å². The van der Waals surface area contributed by atoms with E-state index in [1.807, 2.05) is 35.9 Å². The van der Waals surface area contributed by atoms with Gasteiger partial charge in [0.05, 0.1) is 47.7 Å². The van der Waals surface area contributed by atoms with Crippen molar-refractivity contribution in [3.05, 3.63) is 78.6 Å². The van der Waals surface area contributed by atoms with Crippen molar-refractivity contribution < 1.29 is 9.13 Å². The number of benzene rings is 3. The number of anilines is 2. The van der Waals surface area contributed by atoms with Gasteiger partial charge in [-0.15, -0.1) is 0 Å². The smallest absolute Gasteiger partial charge is 0.128 e. The van der Waals surface area contributed by atoms with Crippen LogP contribution in [0.15, 0.2) is 67.0 Å². The Hall–Kier alpha value is -3.91. The van der Waals surface area contributed by atoms with Crippen LogP contribution in [0.5, 0.6) is 0 Å². The maximum Gasteiger partial charge on any atom is 0.128 e. The number of nitrogens with one attached hydrogen (secondary N) is 1. The molecule has 2 aromatic heterocycles. The van der Waals surface area contributed by atoms with Gasteiger partial charge in [0.15, 0.2) is 0 Å². The van der Waals surface area contributed by atoms with Crippen LogP contribution < -0.4 is 10.2 Å². The molecule has 0 amide bonds. The van der Waals surface area contributed by atoms with E-state index in [4.69, 9.17) is 14.7 Å². The van der Waals surface area contributed by atoms with Crippen LogP contribution in [0.4, 0.5) is 15.8 Å². The van der Waals surface area contributed by atoms with Gasteiger partial charge >= 0.3 is 0 Å². The topological polar surface area (TPSA) is 60.1 Å². The van der Waals surface area contributed by atoms with Crippen molar-refractivity contribution in [3.63, 3.8) is 0 Å². The molecule has 1 saturated heterocycles. The van der Waals surface area contributed by atoms with E-state index >= 15 is 0 Å². The molecule has 1 aliphatic heterocycles. The summed E-state index contributed by atoms with van der Waals surface area (Å²) in [6, 6.07) is 19.0. The molecule has 0 radical (unpaired) electrons. The van der Waals surface area contributed by atoms with E-state index in [1.165, 1.54) is 12.1 Å². The lowest BCUT2D eigenvalue weighted by Crippen LogP contribution is -2.36. The van der Waals surface area contributed by atoms with Crippen molar-refractivity contribution in [2.75, 3.05) is 36.5 Å². The van der Waals surface area contributed by atoms with E-state index in [0.717, 1.165) is 58.0 Å². The second-order valence-corrected chi connectivity index (χ2v) is 8.48. The van der Waals surface area contributed by atoms with Crippen LogP contribution in [0.25, 0.3) is 27.8 Å². The summed E-state index contributed by atoms with van der Waals surface area (Å²) in [6.07, 6.45) is 1.75. The molecule has 1 aliphatic rings. The molecule has 0 saturated carbocycles. The number of morpholine rings is 1. The van der Waals surface area contributed by atoms with E-state index in [2.05, 4.69) is 33.0 Å². The first-order chi connectivity index (χ1) is 16.7. The fraction of sp³-hybridized carbons (Fsp3) is 0.231. The average Bonchev–Trinajstić information content (AvgIpc) is 3.44. The first-order valence-corrected chi connectivity index (χ1v) is 11.4. The third kappa shape index (κ3) is 3.66. The molecule has 0 atom stereocenters. The van der Waals surface area contributed by atoms with Gasteiger partial charge in [-0.3, -0.25) is 4.57 Å². The zero-order valence-corrected chi connectivity index (χ0v) is 18.9. The molecule has 5 aromatic rings. The fourth-order valence-corrected chi connectivity index (χ4v) is 4.60. The van der Waals surface area contributed by atoms with Gasteiger partial charge in [-0.2, -0.15) is 0 Å². The standard InChI is InChI=1S/C26H25FN6O/c1-31-23-8-3-2-7-21(23)30-25(31)16-28-22-14-20(32-9-11-34-12-10-32)15-24-26(22)29-17-33(24)19-6-4-5-18(27)13-19/h2-8,13-15,17,28H,9-12,16H2,1H3. The summed E-state index contributed by atoms with van der Waals surface area (Å²) < 4.78 is 23.6. The van der Waals surface area contributed by atoms with Gasteiger partial charge in [0.2, 0.25) is 0 Å². The van der Waals surface area contributed by atoms with Crippen molar-refractivity contribution in [1.29, 1.82) is 0 Å². The molecule has 172 valence electrons. The zero-order chi connectivity index (χ0) is 23.1. The van der Waals surface area contributed by atoms with E-state index in [-0.39, 0.29) is 5.82 Å². The summed E-state index contributed by atoms with van der Waals surface area (Å²) in [5.41, 5.74) is 6.57. The largest absolute Gasteiger partial charge is 0.378 e. The van der Waals surface area contributed by atoms with Gasteiger partial charge in [0.25, 0.3) is 0 Å². The SMILES string of the molecule is Cn1c(CNc2cc(N3CCOCC3)cc3c2ncn3-c2cccc(F)c2)nc2ccccc21. The lowest BCUT2D eigenvalue weighted by molar-refractivity contribution is 0.122. The number of hydrogen-bond acceptors (Lipinski definition) is 5. The molecule has 8 heteroatoms. The number of aromatic nitrogens is 4. The second kappa shape index (κ2) is 8.46. The van der Waals surface area contributed by atoms with Gasteiger partial charge in [-0.25, -0.2) is 14.4 Å². The highest BCUT2D eigenvalue weighted by Crippen LogP contribution is 2.32. The van der Waals surface area contributed by atoms with Crippen LogP contribution in [0.1, 0.15) is 5.82 Å². The molecule has 3 heterocycles. The molecule has 34 heavy (non-hydrogen) atoms. The molecule has 0 bridgehead atoms. The van der Waals surface area contributed by atoms with Crippen LogP contribution >= 0.6 is 0 Å². The van der Waals surface area contributed by atoms with Crippen LogP contribution in [0.3, 0.4) is 0 Å². The number of imidazole rings is 2. The van der Waals surface area contributed by atoms with Crippen molar-refractivity contribution in [2.45, 2.75) is 6.54 Å². The predicted molar refractivity (Wildman–Crippen MR) is 132 cm³/mol. The normalized spacial score (nSPS) is 14.2. The summed E-state index contributed by atoms with van der Waals surface area (Å²) >= 11 is 0. The van der Waals surface area contributed by atoms with Crippen LogP contribution in [0.2, 0.25) is 0 Å². The van der Waals surface area contributed by atoms with Crippen molar-refractivity contribution in [3.8, 4) is 5.69 Å². The highest BCUT2D eigenvalue weighted by atomic mass is 19.1. The molecule has 1 fully saturated rings. The van der Waals surface area contributed by atoms with Crippen LogP contribution in [-0.2, 0) is 18.3 Å². The number of nitrogens with zero attached hydrogens (tertiary/aromatic N) is 5. The molecule has 0 spiro atoms. The maximum absolute atomic E-state index is 14.0. The minimum atomic E-state index is -0.274. The molecular formula is C26H25FN6O. The summed E-state index contributed by atoms with van der Waals surface area (Å²) in [7, 11) is 2.03. The highest BCUT2D eigenvalue weighted by molar-refractivity contribution is 5.93. The quantitative estimate of drug-likeness (QED) is 0.422. The number of para-hydroxylation sites is 2. The maximum atomic E-state index is 14.0. The first-order valence-electron chi connectivity index (χ1n) is 11.4. The summed E-state index contributed by atoms with van der Waals surface area (Å²) in [6.45, 7) is 3.60. The second-order valence-electron chi connectivity index (χ2n) is 8.48. The first kappa shape index (κ1) is 20.7. The van der Waals surface area contributed by atoms with Crippen molar-refractivity contribution >= 4 is 33.4 Å². The summed E-state index contributed by atoms with van der Waals surface area (Å²) in [4.78, 5) is 11.8. The number of aryl methyl sites for hydroxylation is 1. The Morgan fingerprint density at radius 2 is 1.82 bits per heavy atom. The summed E-state index contributed by atoms with van der Waals surface area (Å²) in [5.74, 6) is 0.666. The zero-order valence-electron chi connectivity index (χ0n) is 18.9. The number of halogens is 1. The number of ether oxygens (including phenoxy) is 1. The lowest BCUT2D eigenvalue weighted by atomic mass is 10.2. The highest BCUT2D eigenvalue weighted by Gasteiger charge is 2.18. The Bertz CT molecular complexity index is 1480. The molecule has 0 aliphatic carbocycles. The van der Waals surface area contributed by atoms with Gasteiger partial charge < -0.3 is 19.5 Å². The molecule has 7 nitrogen and oxygen atoms in total. The van der Waals surface area contributed by atoms with Gasteiger partial charge in [0.1, 0.15) is 23.5 Å².